The predicted molar refractivity (Wildman–Crippen MR) is 103 cm³/mol. The molecule has 2 aromatic rings. The van der Waals surface area contributed by atoms with E-state index < -0.39 is 4.92 Å². The summed E-state index contributed by atoms with van der Waals surface area (Å²) in [6, 6.07) is 13.7. The zero-order valence-corrected chi connectivity index (χ0v) is 14.7. The maximum atomic E-state index is 12.0. The Morgan fingerprint density at radius 1 is 1.15 bits per heavy atom. The third-order valence-electron chi connectivity index (χ3n) is 3.27. The summed E-state index contributed by atoms with van der Waals surface area (Å²) >= 11 is 6.89. The number of nitro benzene ring substituents is 1. The molecule has 0 atom stereocenters. The highest BCUT2D eigenvalue weighted by Gasteiger charge is 2.24. The summed E-state index contributed by atoms with van der Waals surface area (Å²) in [5.41, 5.74) is 1.16. The van der Waals surface area contributed by atoms with Crippen LogP contribution in [-0.2, 0) is 4.79 Å². The van der Waals surface area contributed by atoms with Crippen LogP contribution in [0.25, 0.3) is 6.08 Å². The first-order valence-electron chi connectivity index (χ1n) is 7.34. The molecule has 9 heteroatoms. The Balaban J connectivity index is 1.76. The number of carbonyl (C=O) groups excluding carboxylic acids is 1. The van der Waals surface area contributed by atoms with E-state index in [1.165, 1.54) is 18.2 Å². The zero-order valence-electron chi connectivity index (χ0n) is 13.1. The first-order valence-corrected chi connectivity index (χ1v) is 8.53. The van der Waals surface area contributed by atoms with Gasteiger partial charge in [0.15, 0.2) is 5.17 Å². The molecule has 1 aliphatic heterocycles. The minimum atomic E-state index is -0.572. The molecule has 1 amide bonds. The highest BCUT2D eigenvalue weighted by molar-refractivity contribution is 8.18. The lowest BCUT2D eigenvalue weighted by Gasteiger charge is -1.98. The van der Waals surface area contributed by atoms with E-state index in [4.69, 9.17) is 11.6 Å². The van der Waals surface area contributed by atoms with E-state index in [0.29, 0.717) is 15.6 Å². The molecule has 1 N–H and O–H groups in total. The van der Waals surface area contributed by atoms with Crippen LogP contribution in [-0.4, -0.2) is 22.2 Å². The van der Waals surface area contributed by atoms with Crippen LogP contribution < -0.4 is 5.32 Å². The second-order valence-electron chi connectivity index (χ2n) is 5.09. The van der Waals surface area contributed by atoms with Gasteiger partial charge < -0.3 is 0 Å². The van der Waals surface area contributed by atoms with Crippen molar-refractivity contribution >= 4 is 52.4 Å². The number of amides is 1. The molecule has 3 rings (SSSR count). The van der Waals surface area contributed by atoms with E-state index in [0.717, 1.165) is 17.3 Å². The van der Waals surface area contributed by atoms with Crippen LogP contribution in [0.15, 0.2) is 63.6 Å². The fourth-order valence-electron chi connectivity index (χ4n) is 2.07. The lowest BCUT2D eigenvalue weighted by atomic mass is 10.2. The smallest absolute Gasteiger partial charge is 0.288 e. The molecule has 1 aliphatic rings. The minimum absolute atomic E-state index is 0.0400. The van der Waals surface area contributed by atoms with Crippen molar-refractivity contribution in [1.29, 1.82) is 0 Å². The summed E-state index contributed by atoms with van der Waals surface area (Å²) in [6.45, 7) is 0. The highest BCUT2D eigenvalue weighted by atomic mass is 35.5. The molecule has 1 saturated heterocycles. The van der Waals surface area contributed by atoms with Crippen molar-refractivity contribution in [2.24, 2.45) is 10.2 Å². The van der Waals surface area contributed by atoms with Gasteiger partial charge in [-0.3, -0.25) is 20.2 Å². The Morgan fingerprint density at radius 2 is 1.92 bits per heavy atom. The Kier molecular flexibility index (Phi) is 5.45. The number of benzene rings is 2. The van der Waals surface area contributed by atoms with Crippen molar-refractivity contribution in [1.82, 2.24) is 5.32 Å². The van der Waals surface area contributed by atoms with Crippen LogP contribution >= 0.6 is 23.4 Å². The van der Waals surface area contributed by atoms with Crippen LogP contribution in [0.2, 0.25) is 5.02 Å². The normalized spacial score (nSPS) is 17.2. The van der Waals surface area contributed by atoms with Gasteiger partial charge in [0, 0.05) is 6.07 Å². The molecule has 130 valence electrons. The van der Waals surface area contributed by atoms with Gasteiger partial charge in [-0.05, 0) is 35.0 Å². The highest BCUT2D eigenvalue weighted by Crippen LogP contribution is 2.29. The molecule has 0 saturated carbocycles. The van der Waals surface area contributed by atoms with Gasteiger partial charge in [-0.1, -0.05) is 48.0 Å². The molecule has 0 radical (unpaired) electrons. The Hall–Kier alpha value is -2.97. The van der Waals surface area contributed by atoms with Crippen LogP contribution in [0.5, 0.6) is 0 Å². The molecule has 1 heterocycles. The number of rotatable bonds is 4. The Bertz CT molecular complexity index is 958. The van der Waals surface area contributed by atoms with Gasteiger partial charge in [-0.2, -0.15) is 5.10 Å². The number of carbonyl (C=O) groups is 1. The number of nitrogens with zero attached hydrogens (tertiary/aromatic N) is 3. The second-order valence-corrected chi connectivity index (χ2v) is 6.53. The first kappa shape index (κ1) is 17.8. The number of thioether (sulfide) groups is 1. The first-order chi connectivity index (χ1) is 12.5. The maximum absolute atomic E-state index is 12.0. The molecule has 0 aromatic heterocycles. The quantitative estimate of drug-likeness (QED) is 0.373. The standard InChI is InChI=1S/C17H11ClN4O3S/c18-13-7-6-12(8-14(13)22(24)25)9-15-16(23)20-17(26-15)21-19-10-11-4-2-1-3-5-11/h1-10H,(H,20,21,23)/b15-9+,19-10-. The van der Waals surface area contributed by atoms with Gasteiger partial charge in [-0.15, -0.1) is 5.10 Å². The van der Waals surface area contributed by atoms with Crippen molar-refractivity contribution in [3.8, 4) is 0 Å². The predicted octanol–water partition coefficient (Wildman–Crippen LogP) is 3.84. The lowest BCUT2D eigenvalue weighted by Crippen LogP contribution is -2.19. The van der Waals surface area contributed by atoms with Gasteiger partial charge >= 0.3 is 0 Å². The van der Waals surface area contributed by atoms with E-state index in [-0.39, 0.29) is 16.6 Å². The van der Waals surface area contributed by atoms with E-state index >= 15 is 0 Å². The topological polar surface area (TPSA) is 97.0 Å². The van der Waals surface area contributed by atoms with E-state index in [9.17, 15) is 14.9 Å². The average molecular weight is 387 g/mol. The molecule has 0 spiro atoms. The molecule has 7 nitrogen and oxygen atoms in total. The van der Waals surface area contributed by atoms with Crippen LogP contribution in [0.1, 0.15) is 11.1 Å². The minimum Gasteiger partial charge on any atom is -0.299 e. The summed E-state index contributed by atoms with van der Waals surface area (Å²) in [7, 11) is 0. The summed E-state index contributed by atoms with van der Waals surface area (Å²) < 4.78 is 0. The largest absolute Gasteiger partial charge is 0.299 e. The molecule has 0 unspecified atom stereocenters. The monoisotopic (exact) mass is 386 g/mol. The average Bonchev–Trinajstić information content (AvgIpc) is 2.97. The summed E-state index contributed by atoms with van der Waals surface area (Å²) in [5.74, 6) is -0.346. The molecule has 26 heavy (non-hydrogen) atoms. The van der Waals surface area contributed by atoms with E-state index in [1.54, 1.807) is 12.3 Å². The number of hydrogen-bond acceptors (Lipinski definition) is 6. The zero-order chi connectivity index (χ0) is 18.5. The molecule has 0 bridgehead atoms. The number of halogens is 1. The number of amidine groups is 1. The molecule has 1 fully saturated rings. The van der Waals surface area contributed by atoms with Crippen molar-refractivity contribution in [2.75, 3.05) is 0 Å². The van der Waals surface area contributed by atoms with Crippen LogP contribution in [0.3, 0.4) is 0 Å². The van der Waals surface area contributed by atoms with E-state index in [2.05, 4.69) is 15.5 Å². The Labute approximate surface area is 157 Å². The number of nitrogens with one attached hydrogen (secondary N) is 1. The van der Waals surface area contributed by atoms with Gasteiger partial charge in [0.25, 0.3) is 11.6 Å². The molecule has 2 aromatic carbocycles. The van der Waals surface area contributed by atoms with Crippen LogP contribution in [0, 0.1) is 10.1 Å². The van der Waals surface area contributed by atoms with Crippen molar-refractivity contribution in [3.05, 3.63) is 79.7 Å². The van der Waals surface area contributed by atoms with Gasteiger partial charge in [-0.25, -0.2) is 0 Å². The molecule has 0 aliphatic carbocycles. The Morgan fingerprint density at radius 3 is 2.65 bits per heavy atom. The number of hydrogen-bond donors (Lipinski definition) is 1. The van der Waals surface area contributed by atoms with Gasteiger partial charge in [0.1, 0.15) is 5.02 Å². The van der Waals surface area contributed by atoms with Gasteiger partial charge in [0.2, 0.25) is 0 Å². The molecular weight excluding hydrogens is 376 g/mol. The number of nitro groups is 1. The van der Waals surface area contributed by atoms with Crippen molar-refractivity contribution < 1.29 is 9.72 Å². The fourth-order valence-corrected chi connectivity index (χ4v) is 3.04. The maximum Gasteiger partial charge on any atom is 0.288 e. The second kappa shape index (κ2) is 7.94. The summed E-state index contributed by atoms with van der Waals surface area (Å²) in [6.07, 6.45) is 3.11. The summed E-state index contributed by atoms with van der Waals surface area (Å²) in [4.78, 5) is 22.7. The summed E-state index contributed by atoms with van der Waals surface area (Å²) in [5, 5.41) is 21.8. The third kappa shape index (κ3) is 4.35. The van der Waals surface area contributed by atoms with E-state index in [1.807, 2.05) is 30.3 Å². The lowest BCUT2D eigenvalue weighted by molar-refractivity contribution is -0.384. The molecular formula is C17H11ClN4O3S. The van der Waals surface area contributed by atoms with Crippen molar-refractivity contribution in [3.63, 3.8) is 0 Å². The van der Waals surface area contributed by atoms with Crippen LogP contribution in [0.4, 0.5) is 5.69 Å². The van der Waals surface area contributed by atoms with Crippen molar-refractivity contribution in [2.45, 2.75) is 0 Å². The SMILES string of the molecule is O=C1N/C(=N/N=C\c2ccccc2)S/C1=C/c1ccc(Cl)c([N+](=O)[O-])c1. The van der Waals surface area contributed by atoms with Gasteiger partial charge in [0.05, 0.1) is 16.0 Å². The third-order valence-corrected chi connectivity index (χ3v) is 4.49. The fraction of sp³-hybridized carbons (Fsp3) is 0.